The number of benzene rings is 2. The largest absolute Gasteiger partial charge is 0.484 e. The second-order valence-electron chi connectivity index (χ2n) is 5.61. The van der Waals surface area contributed by atoms with Crippen molar-refractivity contribution in [2.24, 2.45) is 0 Å². The average Bonchev–Trinajstić information content (AvgIpc) is 2.57. The van der Waals surface area contributed by atoms with Gasteiger partial charge in [-0.2, -0.15) is 13.2 Å². The van der Waals surface area contributed by atoms with Crippen LogP contribution in [-0.2, 0) is 10.4 Å². The van der Waals surface area contributed by atoms with Crippen LogP contribution < -0.4 is 10.1 Å². The maximum Gasteiger partial charge on any atom is 0.423 e. The van der Waals surface area contributed by atoms with Crippen LogP contribution in [0.25, 0.3) is 0 Å². The Bertz CT molecular complexity index is 719. The van der Waals surface area contributed by atoms with Crippen molar-refractivity contribution < 1.29 is 27.8 Å². The van der Waals surface area contributed by atoms with Crippen molar-refractivity contribution in [3.63, 3.8) is 0 Å². The molecular weight excluding hydrogens is 335 g/mol. The van der Waals surface area contributed by atoms with Crippen LogP contribution in [0.5, 0.6) is 5.75 Å². The summed E-state index contributed by atoms with van der Waals surface area (Å²) >= 11 is 0. The number of halogens is 3. The first-order chi connectivity index (χ1) is 11.7. The Kier molecular flexibility index (Phi) is 5.69. The monoisotopic (exact) mass is 353 g/mol. The fourth-order valence-corrected chi connectivity index (χ4v) is 2.21. The minimum Gasteiger partial charge on any atom is -0.484 e. The van der Waals surface area contributed by atoms with Crippen LogP contribution in [0.15, 0.2) is 54.6 Å². The second kappa shape index (κ2) is 7.57. The van der Waals surface area contributed by atoms with E-state index >= 15 is 0 Å². The molecule has 0 saturated carbocycles. The van der Waals surface area contributed by atoms with Gasteiger partial charge >= 0.3 is 6.18 Å². The van der Waals surface area contributed by atoms with Gasteiger partial charge in [0.05, 0.1) is 6.54 Å². The lowest BCUT2D eigenvalue weighted by Crippen LogP contribution is -2.51. The van der Waals surface area contributed by atoms with E-state index in [1.165, 1.54) is 18.2 Å². The van der Waals surface area contributed by atoms with E-state index in [2.05, 4.69) is 5.32 Å². The minimum absolute atomic E-state index is 0.345. The zero-order chi connectivity index (χ0) is 18.5. The summed E-state index contributed by atoms with van der Waals surface area (Å²) < 4.78 is 45.1. The van der Waals surface area contributed by atoms with Crippen LogP contribution in [0.1, 0.15) is 11.1 Å². The van der Waals surface area contributed by atoms with Gasteiger partial charge in [-0.1, -0.05) is 42.5 Å². The van der Waals surface area contributed by atoms with Gasteiger partial charge in [0.15, 0.2) is 6.61 Å². The maximum absolute atomic E-state index is 13.3. The first-order valence-electron chi connectivity index (χ1n) is 7.53. The molecule has 0 aliphatic rings. The number of hydrogen-bond acceptors (Lipinski definition) is 3. The van der Waals surface area contributed by atoms with Crippen LogP contribution in [-0.4, -0.2) is 30.3 Å². The molecule has 1 atom stereocenters. The summed E-state index contributed by atoms with van der Waals surface area (Å²) in [7, 11) is 0. The Morgan fingerprint density at radius 2 is 1.80 bits per heavy atom. The highest BCUT2D eigenvalue weighted by Gasteiger charge is 2.55. The lowest BCUT2D eigenvalue weighted by atomic mass is 9.93. The van der Waals surface area contributed by atoms with Crippen LogP contribution in [0.3, 0.4) is 0 Å². The van der Waals surface area contributed by atoms with E-state index < -0.39 is 30.8 Å². The first kappa shape index (κ1) is 18.8. The smallest absolute Gasteiger partial charge is 0.423 e. The fourth-order valence-electron chi connectivity index (χ4n) is 2.21. The zero-order valence-corrected chi connectivity index (χ0v) is 13.5. The van der Waals surface area contributed by atoms with Gasteiger partial charge in [0.25, 0.3) is 5.91 Å². The fraction of sp³-hybridized carbons (Fsp3) is 0.278. The van der Waals surface area contributed by atoms with Crippen LogP contribution >= 0.6 is 0 Å². The van der Waals surface area contributed by atoms with Gasteiger partial charge in [0.2, 0.25) is 5.60 Å². The van der Waals surface area contributed by atoms with Gasteiger partial charge in [-0.25, -0.2) is 0 Å². The van der Waals surface area contributed by atoms with E-state index in [9.17, 15) is 23.1 Å². The molecular formula is C18H18F3NO3. The van der Waals surface area contributed by atoms with E-state index in [1.807, 2.05) is 13.0 Å². The molecule has 0 aliphatic heterocycles. The Labute approximate surface area is 143 Å². The number of amides is 1. The van der Waals surface area contributed by atoms with E-state index in [0.29, 0.717) is 5.75 Å². The number of aliphatic hydroxyl groups is 1. The molecule has 2 N–H and O–H groups in total. The molecule has 2 aromatic carbocycles. The van der Waals surface area contributed by atoms with E-state index in [1.54, 1.807) is 18.2 Å². The Morgan fingerprint density at radius 1 is 1.12 bits per heavy atom. The Balaban J connectivity index is 2.00. The predicted molar refractivity (Wildman–Crippen MR) is 86.1 cm³/mol. The van der Waals surface area contributed by atoms with E-state index in [4.69, 9.17) is 4.74 Å². The topological polar surface area (TPSA) is 58.6 Å². The van der Waals surface area contributed by atoms with Crippen molar-refractivity contribution >= 4 is 5.91 Å². The summed E-state index contributed by atoms with van der Waals surface area (Å²) in [5.74, 6) is -0.329. The second-order valence-corrected chi connectivity index (χ2v) is 5.61. The lowest BCUT2D eigenvalue weighted by Gasteiger charge is -2.31. The predicted octanol–water partition coefficient (Wildman–Crippen LogP) is 2.94. The molecule has 4 nitrogen and oxygen atoms in total. The molecule has 134 valence electrons. The molecule has 1 unspecified atom stereocenters. The normalized spacial score (nSPS) is 13.8. The molecule has 0 aliphatic carbocycles. The van der Waals surface area contributed by atoms with Gasteiger partial charge in [-0.15, -0.1) is 0 Å². The highest BCUT2D eigenvalue weighted by Crippen LogP contribution is 2.38. The average molecular weight is 353 g/mol. The van der Waals surface area contributed by atoms with Gasteiger partial charge in [0, 0.05) is 0 Å². The summed E-state index contributed by atoms with van der Waals surface area (Å²) in [5.41, 5.74) is -2.59. The molecule has 0 radical (unpaired) electrons. The quantitative estimate of drug-likeness (QED) is 0.840. The first-order valence-corrected chi connectivity index (χ1v) is 7.53. The third kappa shape index (κ3) is 4.73. The summed E-state index contributed by atoms with van der Waals surface area (Å²) in [6, 6.07) is 13.5. The number of carbonyl (C=O) groups is 1. The van der Waals surface area contributed by atoms with Crippen LogP contribution in [0.2, 0.25) is 0 Å². The highest BCUT2D eigenvalue weighted by molar-refractivity contribution is 5.77. The molecule has 0 aromatic heterocycles. The molecule has 0 spiro atoms. The van der Waals surface area contributed by atoms with Crippen molar-refractivity contribution in [3.05, 3.63) is 65.7 Å². The summed E-state index contributed by atoms with van der Waals surface area (Å²) in [4.78, 5) is 11.8. The molecule has 0 heterocycles. The number of carbonyl (C=O) groups excluding carboxylic acids is 1. The molecule has 1 amide bonds. The van der Waals surface area contributed by atoms with Crippen molar-refractivity contribution in [1.29, 1.82) is 0 Å². The van der Waals surface area contributed by atoms with E-state index in [-0.39, 0.29) is 5.56 Å². The molecule has 0 bridgehead atoms. The summed E-state index contributed by atoms with van der Waals surface area (Å²) in [5, 5.41) is 12.2. The van der Waals surface area contributed by atoms with Gasteiger partial charge < -0.3 is 15.2 Å². The molecule has 25 heavy (non-hydrogen) atoms. The number of nitrogens with one attached hydrogen (secondary N) is 1. The minimum atomic E-state index is -4.95. The molecule has 2 rings (SSSR count). The highest BCUT2D eigenvalue weighted by atomic mass is 19.4. The number of rotatable bonds is 6. The Morgan fingerprint density at radius 3 is 2.40 bits per heavy atom. The van der Waals surface area contributed by atoms with Gasteiger partial charge in [-0.05, 0) is 30.2 Å². The van der Waals surface area contributed by atoms with Crippen LogP contribution in [0.4, 0.5) is 13.2 Å². The van der Waals surface area contributed by atoms with Crippen molar-refractivity contribution in [2.75, 3.05) is 13.2 Å². The summed E-state index contributed by atoms with van der Waals surface area (Å²) in [6.45, 7) is 0.388. The van der Waals surface area contributed by atoms with Crippen molar-refractivity contribution in [1.82, 2.24) is 5.32 Å². The molecule has 7 heteroatoms. The van der Waals surface area contributed by atoms with Crippen molar-refractivity contribution in [2.45, 2.75) is 18.7 Å². The molecule has 0 saturated heterocycles. The number of ether oxygens (including phenoxy) is 1. The standard InChI is InChI=1S/C18H18F3NO3/c1-13-6-5-9-15(10-13)25-11-16(23)22-12-17(24,18(19,20)21)14-7-3-2-4-8-14/h2-10,24H,11-12H2,1H3,(H,22,23). The molecule has 0 fully saturated rings. The zero-order valence-electron chi connectivity index (χ0n) is 13.5. The number of alkyl halides is 3. The van der Waals surface area contributed by atoms with Gasteiger partial charge in [-0.3, -0.25) is 4.79 Å². The molecule has 2 aromatic rings. The SMILES string of the molecule is Cc1cccc(OCC(=O)NCC(O)(c2ccccc2)C(F)(F)F)c1. The lowest BCUT2D eigenvalue weighted by molar-refractivity contribution is -0.264. The third-order valence-corrected chi connectivity index (χ3v) is 3.62. The Hall–Kier alpha value is -2.54. The van der Waals surface area contributed by atoms with Crippen molar-refractivity contribution in [3.8, 4) is 5.75 Å². The van der Waals surface area contributed by atoms with Crippen LogP contribution in [0, 0.1) is 6.92 Å². The summed E-state index contributed by atoms with van der Waals surface area (Å²) in [6.07, 6.45) is -4.95. The third-order valence-electron chi connectivity index (χ3n) is 3.62. The van der Waals surface area contributed by atoms with Gasteiger partial charge in [0.1, 0.15) is 5.75 Å². The van der Waals surface area contributed by atoms with E-state index in [0.717, 1.165) is 17.7 Å². The number of aryl methyl sites for hydroxylation is 1. The number of hydrogen-bond donors (Lipinski definition) is 2. The maximum atomic E-state index is 13.3.